The highest BCUT2D eigenvalue weighted by Gasteiger charge is 2.27. The fraction of sp³-hybridized carbons (Fsp3) is 0.400. The van der Waals surface area contributed by atoms with Crippen LogP contribution in [0.3, 0.4) is 0 Å². The molecule has 7 nitrogen and oxygen atoms in total. The van der Waals surface area contributed by atoms with Crippen molar-refractivity contribution in [2.45, 2.75) is 31.7 Å². The molecule has 5 rings (SSSR count). The number of rotatable bonds is 7. The minimum absolute atomic E-state index is 0.0449. The van der Waals surface area contributed by atoms with Crippen LogP contribution >= 0.6 is 11.3 Å². The topological polar surface area (TPSA) is 64.6 Å². The van der Waals surface area contributed by atoms with Crippen LogP contribution in [0.2, 0.25) is 0 Å². The number of likely N-dealkylation sites (tertiary alicyclic amines) is 2. The van der Waals surface area contributed by atoms with Gasteiger partial charge in [0.2, 0.25) is 11.9 Å². The second-order valence-electron chi connectivity index (χ2n) is 8.71. The highest BCUT2D eigenvalue weighted by atomic mass is 32.1. The molecule has 0 spiro atoms. The Morgan fingerprint density at radius 2 is 1.73 bits per heavy atom. The molecule has 4 heterocycles. The number of piperidine rings is 1. The van der Waals surface area contributed by atoms with Crippen LogP contribution in [0.5, 0.6) is 0 Å². The number of benzene rings is 1. The molecule has 0 unspecified atom stereocenters. The normalized spacial score (nSPS) is 17.8. The van der Waals surface area contributed by atoms with E-state index in [1.165, 1.54) is 38.8 Å². The van der Waals surface area contributed by atoms with Gasteiger partial charge >= 0.3 is 0 Å². The number of amides is 1. The largest absolute Gasteiger partial charge is 0.325 e. The van der Waals surface area contributed by atoms with Crippen LogP contribution in [0, 0.1) is 0 Å². The first-order valence-electron chi connectivity index (χ1n) is 11.7. The maximum absolute atomic E-state index is 12.7. The maximum Gasteiger partial charge on any atom is 0.238 e. The van der Waals surface area contributed by atoms with Crippen LogP contribution in [-0.4, -0.2) is 64.4 Å². The van der Waals surface area contributed by atoms with Gasteiger partial charge in [0.05, 0.1) is 12.2 Å². The molecule has 1 aromatic carbocycles. The second kappa shape index (κ2) is 10.4. The number of nitrogens with one attached hydrogen (secondary N) is 1. The van der Waals surface area contributed by atoms with E-state index in [9.17, 15) is 4.79 Å². The zero-order valence-electron chi connectivity index (χ0n) is 18.8. The zero-order chi connectivity index (χ0) is 22.5. The number of carbonyl (C=O) groups is 1. The van der Waals surface area contributed by atoms with Crippen molar-refractivity contribution >= 4 is 40.3 Å². The average Bonchev–Trinajstić information content (AvgIpc) is 3.57. The molecule has 0 atom stereocenters. The predicted molar refractivity (Wildman–Crippen MR) is 133 cm³/mol. The van der Waals surface area contributed by atoms with Crippen molar-refractivity contribution < 1.29 is 4.79 Å². The lowest BCUT2D eigenvalue weighted by Gasteiger charge is -2.36. The van der Waals surface area contributed by atoms with Crippen molar-refractivity contribution in [3.8, 4) is 0 Å². The van der Waals surface area contributed by atoms with Crippen LogP contribution < -0.4 is 10.2 Å². The van der Waals surface area contributed by atoms with E-state index in [-0.39, 0.29) is 5.91 Å². The number of anilines is 4. The van der Waals surface area contributed by atoms with Crippen molar-refractivity contribution in [1.29, 1.82) is 0 Å². The molecule has 1 amide bonds. The first kappa shape index (κ1) is 22.0. The molecule has 2 fully saturated rings. The van der Waals surface area contributed by atoms with Gasteiger partial charge in [-0.05, 0) is 80.6 Å². The smallest absolute Gasteiger partial charge is 0.238 e. The van der Waals surface area contributed by atoms with Gasteiger partial charge in [0, 0.05) is 48.3 Å². The molecule has 3 aromatic rings. The minimum atomic E-state index is 0.0449. The Labute approximate surface area is 199 Å². The Balaban J connectivity index is 1.18. The van der Waals surface area contributed by atoms with E-state index in [2.05, 4.69) is 30.5 Å². The first-order valence-corrected chi connectivity index (χ1v) is 12.7. The summed E-state index contributed by atoms with van der Waals surface area (Å²) in [6.07, 6.45) is 8.49. The monoisotopic (exact) mass is 462 g/mol. The molecule has 33 heavy (non-hydrogen) atoms. The van der Waals surface area contributed by atoms with E-state index in [0.29, 0.717) is 18.5 Å². The standard InChI is InChI=1S/C25H30N6OS/c32-24(18-29-15-8-21(9-16-29)30-13-1-2-14-30)28-20-4-6-22(7-5-20)31(23-10-17-33-19-23)25-26-11-3-12-27-25/h3-7,10-12,17,19,21H,1-2,8-9,13-16,18H2,(H,28,32). The molecule has 172 valence electrons. The summed E-state index contributed by atoms with van der Waals surface area (Å²) in [5, 5.41) is 7.16. The second-order valence-corrected chi connectivity index (χ2v) is 9.49. The molecule has 2 aromatic heterocycles. The summed E-state index contributed by atoms with van der Waals surface area (Å²) in [5.41, 5.74) is 2.76. The van der Waals surface area contributed by atoms with E-state index < -0.39 is 0 Å². The van der Waals surface area contributed by atoms with Crippen LogP contribution in [0.15, 0.2) is 59.6 Å². The zero-order valence-corrected chi connectivity index (χ0v) is 19.6. The van der Waals surface area contributed by atoms with Gasteiger partial charge in [0.1, 0.15) is 0 Å². The average molecular weight is 463 g/mol. The SMILES string of the molecule is O=C(CN1CCC(N2CCCC2)CC1)Nc1ccc(N(c2ccsc2)c2ncccn2)cc1. The van der Waals surface area contributed by atoms with Crippen molar-refractivity contribution in [1.82, 2.24) is 19.8 Å². The number of hydrogen-bond acceptors (Lipinski definition) is 7. The van der Waals surface area contributed by atoms with E-state index >= 15 is 0 Å². The Morgan fingerprint density at radius 1 is 1.00 bits per heavy atom. The van der Waals surface area contributed by atoms with Gasteiger partial charge in [-0.2, -0.15) is 11.3 Å². The summed E-state index contributed by atoms with van der Waals surface area (Å²) in [4.78, 5) is 28.4. The van der Waals surface area contributed by atoms with Gasteiger partial charge in [-0.15, -0.1) is 0 Å². The number of carbonyl (C=O) groups excluding carboxylic acids is 1. The molecule has 2 aliphatic rings. The molecular formula is C25H30N6OS. The third-order valence-corrected chi connectivity index (χ3v) is 7.18. The lowest BCUT2D eigenvalue weighted by Crippen LogP contribution is -2.45. The molecular weight excluding hydrogens is 432 g/mol. The van der Waals surface area contributed by atoms with Crippen LogP contribution in [0.4, 0.5) is 23.0 Å². The van der Waals surface area contributed by atoms with E-state index in [0.717, 1.165) is 30.2 Å². The van der Waals surface area contributed by atoms with Gasteiger partial charge in [-0.3, -0.25) is 14.6 Å². The predicted octanol–water partition coefficient (Wildman–Crippen LogP) is 4.51. The highest BCUT2D eigenvalue weighted by Crippen LogP contribution is 2.33. The quantitative estimate of drug-likeness (QED) is 0.558. The summed E-state index contributed by atoms with van der Waals surface area (Å²) in [5.74, 6) is 0.661. The van der Waals surface area contributed by atoms with Crippen LogP contribution in [-0.2, 0) is 4.79 Å². The Hall–Kier alpha value is -2.81. The number of thiophene rings is 1. The maximum atomic E-state index is 12.7. The summed E-state index contributed by atoms with van der Waals surface area (Å²) >= 11 is 1.63. The number of aromatic nitrogens is 2. The Kier molecular flexibility index (Phi) is 6.95. The molecule has 0 bridgehead atoms. The Morgan fingerprint density at radius 3 is 2.39 bits per heavy atom. The molecule has 8 heteroatoms. The van der Waals surface area contributed by atoms with Gasteiger partial charge in [-0.1, -0.05) is 0 Å². The number of hydrogen-bond donors (Lipinski definition) is 1. The van der Waals surface area contributed by atoms with Crippen LogP contribution in [0.25, 0.3) is 0 Å². The minimum Gasteiger partial charge on any atom is -0.325 e. The lowest BCUT2D eigenvalue weighted by molar-refractivity contribution is -0.117. The first-order chi connectivity index (χ1) is 16.3. The molecule has 2 saturated heterocycles. The molecule has 2 aliphatic heterocycles. The van der Waals surface area contributed by atoms with Crippen molar-refractivity contribution in [3.63, 3.8) is 0 Å². The molecule has 0 radical (unpaired) electrons. The fourth-order valence-corrected chi connectivity index (χ4v) is 5.44. The third kappa shape index (κ3) is 5.40. The van der Waals surface area contributed by atoms with E-state index in [4.69, 9.17) is 0 Å². The summed E-state index contributed by atoms with van der Waals surface area (Å²) < 4.78 is 0. The van der Waals surface area contributed by atoms with E-state index in [1.54, 1.807) is 23.7 Å². The van der Waals surface area contributed by atoms with Crippen LogP contribution in [0.1, 0.15) is 25.7 Å². The molecule has 0 saturated carbocycles. The van der Waals surface area contributed by atoms with Crippen molar-refractivity contribution in [2.75, 3.05) is 42.9 Å². The summed E-state index contributed by atoms with van der Waals surface area (Å²) in [6, 6.07) is 12.4. The van der Waals surface area contributed by atoms with Gasteiger partial charge < -0.3 is 10.2 Å². The molecule has 1 N–H and O–H groups in total. The van der Waals surface area contributed by atoms with Crippen molar-refractivity contribution in [3.05, 3.63) is 59.6 Å². The summed E-state index contributed by atoms with van der Waals surface area (Å²) in [7, 11) is 0. The highest BCUT2D eigenvalue weighted by molar-refractivity contribution is 7.08. The van der Waals surface area contributed by atoms with E-state index in [1.807, 2.05) is 46.7 Å². The van der Waals surface area contributed by atoms with Gasteiger partial charge in [0.25, 0.3) is 0 Å². The fourth-order valence-electron chi connectivity index (χ4n) is 4.82. The van der Waals surface area contributed by atoms with Crippen molar-refractivity contribution in [2.24, 2.45) is 0 Å². The Bertz CT molecular complexity index is 1010. The summed E-state index contributed by atoms with van der Waals surface area (Å²) in [6.45, 7) is 4.95. The number of nitrogens with zero attached hydrogens (tertiary/aromatic N) is 5. The van der Waals surface area contributed by atoms with Gasteiger partial charge in [0.15, 0.2) is 0 Å². The van der Waals surface area contributed by atoms with Gasteiger partial charge in [-0.25, -0.2) is 9.97 Å². The molecule has 0 aliphatic carbocycles. The third-order valence-electron chi connectivity index (χ3n) is 6.51. The lowest BCUT2D eigenvalue weighted by atomic mass is 10.0.